The molecule has 2 aromatic carbocycles. The van der Waals surface area contributed by atoms with E-state index in [1.54, 1.807) is 0 Å². The van der Waals surface area contributed by atoms with Crippen LogP contribution in [0.15, 0.2) is 60.2 Å². The molecule has 0 spiro atoms. The van der Waals surface area contributed by atoms with Gasteiger partial charge in [-0.25, -0.2) is 0 Å². The summed E-state index contributed by atoms with van der Waals surface area (Å²) in [6.45, 7) is 0.612. The first kappa shape index (κ1) is 12.1. The van der Waals surface area contributed by atoms with E-state index in [1.807, 2.05) is 42.5 Å². The maximum absolute atomic E-state index is 5.86. The third kappa shape index (κ3) is 2.88. The molecule has 0 aliphatic carbocycles. The quantitative estimate of drug-likeness (QED) is 0.758. The number of ether oxygens (including phenoxy) is 1. The Balaban J connectivity index is 1.81. The van der Waals surface area contributed by atoms with E-state index in [0.717, 1.165) is 27.5 Å². The molecule has 0 atom stereocenters. The second-order valence-corrected chi connectivity index (χ2v) is 4.87. The van der Waals surface area contributed by atoms with Crippen molar-refractivity contribution in [1.82, 2.24) is 0 Å². The predicted octanol–water partition coefficient (Wildman–Crippen LogP) is 4.83. The standard InChI is InChI=1S/C17H13ClO/c18-16-9-7-13(8-10-16)5-6-14-11-15-3-1-2-4-17(15)19-12-14/h1-11H,12H2/b6-5+. The Kier molecular flexibility index (Phi) is 3.39. The lowest BCUT2D eigenvalue weighted by Crippen LogP contribution is -2.05. The molecule has 0 saturated heterocycles. The van der Waals surface area contributed by atoms with Gasteiger partial charge in [0.2, 0.25) is 0 Å². The highest BCUT2D eigenvalue weighted by Crippen LogP contribution is 2.26. The van der Waals surface area contributed by atoms with Gasteiger partial charge in [0.1, 0.15) is 12.4 Å². The van der Waals surface area contributed by atoms with Gasteiger partial charge in [0.15, 0.2) is 0 Å². The van der Waals surface area contributed by atoms with Crippen LogP contribution in [0.4, 0.5) is 0 Å². The number of benzene rings is 2. The number of rotatable bonds is 2. The molecule has 1 aliphatic rings. The van der Waals surface area contributed by atoms with Crippen molar-refractivity contribution >= 4 is 23.8 Å². The molecular weight excluding hydrogens is 256 g/mol. The van der Waals surface area contributed by atoms with Crippen molar-refractivity contribution < 1.29 is 4.74 Å². The molecule has 0 N–H and O–H groups in total. The van der Waals surface area contributed by atoms with Crippen LogP contribution in [0.2, 0.25) is 5.02 Å². The lowest BCUT2D eigenvalue weighted by molar-refractivity contribution is 0.351. The van der Waals surface area contributed by atoms with Crippen molar-refractivity contribution in [2.75, 3.05) is 6.61 Å². The van der Waals surface area contributed by atoms with Gasteiger partial charge in [-0.2, -0.15) is 0 Å². The first-order valence-corrected chi connectivity index (χ1v) is 6.55. The SMILES string of the molecule is Clc1ccc(/C=C/C2=Cc3ccccc3OC2)cc1. The molecule has 1 nitrogen and oxygen atoms in total. The molecule has 0 radical (unpaired) electrons. The van der Waals surface area contributed by atoms with E-state index in [0.29, 0.717) is 6.61 Å². The van der Waals surface area contributed by atoms with Gasteiger partial charge < -0.3 is 4.74 Å². The van der Waals surface area contributed by atoms with Crippen molar-refractivity contribution in [3.05, 3.63) is 76.3 Å². The van der Waals surface area contributed by atoms with Gasteiger partial charge in [0.25, 0.3) is 0 Å². The average molecular weight is 269 g/mol. The van der Waals surface area contributed by atoms with E-state index >= 15 is 0 Å². The molecule has 94 valence electrons. The zero-order chi connectivity index (χ0) is 13.1. The largest absolute Gasteiger partial charge is 0.488 e. The fraction of sp³-hybridized carbons (Fsp3) is 0.0588. The molecule has 2 aromatic rings. The second kappa shape index (κ2) is 5.33. The summed E-state index contributed by atoms with van der Waals surface area (Å²) in [6, 6.07) is 15.8. The van der Waals surface area contributed by atoms with E-state index in [-0.39, 0.29) is 0 Å². The first-order chi connectivity index (χ1) is 9.31. The molecule has 0 amide bonds. The van der Waals surface area contributed by atoms with Crippen LogP contribution in [0.1, 0.15) is 11.1 Å². The van der Waals surface area contributed by atoms with Crippen LogP contribution in [-0.2, 0) is 0 Å². The van der Waals surface area contributed by atoms with Crippen molar-refractivity contribution in [3.63, 3.8) is 0 Å². The van der Waals surface area contributed by atoms with E-state index in [4.69, 9.17) is 16.3 Å². The van der Waals surface area contributed by atoms with Crippen LogP contribution < -0.4 is 4.74 Å². The normalized spacial score (nSPS) is 13.8. The van der Waals surface area contributed by atoms with Crippen LogP contribution in [0.25, 0.3) is 12.2 Å². The number of para-hydroxylation sites is 1. The summed E-state index contributed by atoms with van der Waals surface area (Å²) in [7, 11) is 0. The zero-order valence-corrected chi connectivity index (χ0v) is 11.1. The molecule has 1 heterocycles. The Bertz CT molecular complexity index is 639. The smallest absolute Gasteiger partial charge is 0.127 e. The maximum Gasteiger partial charge on any atom is 0.127 e. The van der Waals surface area contributed by atoms with Gasteiger partial charge >= 0.3 is 0 Å². The molecule has 0 saturated carbocycles. The minimum Gasteiger partial charge on any atom is -0.488 e. The lowest BCUT2D eigenvalue weighted by Gasteiger charge is -2.15. The maximum atomic E-state index is 5.86. The first-order valence-electron chi connectivity index (χ1n) is 6.17. The molecule has 19 heavy (non-hydrogen) atoms. The Hall–Kier alpha value is -1.99. The number of hydrogen-bond acceptors (Lipinski definition) is 1. The van der Waals surface area contributed by atoms with Gasteiger partial charge in [-0.1, -0.05) is 54.1 Å². The fourth-order valence-corrected chi connectivity index (χ4v) is 2.13. The minimum atomic E-state index is 0.612. The van der Waals surface area contributed by atoms with Gasteiger partial charge in [-0.15, -0.1) is 0 Å². The van der Waals surface area contributed by atoms with Crippen LogP contribution in [0.3, 0.4) is 0 Å². The van der Waals surface area contributed by atoms with Crippen LogP contribution in [0, 0.1) is 0 Å². The summed E-state index contributed by atoms with van der Waals surface area (Å²) in [4.78, 5) is 0. The molecule has 0 fully saturated rings. The zero-order valence-electron chi connectivity index (χ0n) is 10.3. The summed E-state index contributed by atoms with van der Waals surface area (Å²) in [5.74, 6) is 0.950. The van der Waals surface area contributed by atoms with Crippen LogP contribution in [-0.4, -0.2) is 6.61 Å². The minimum absolute atomic E-state index is 0.612. The lowest BCUT2D eigenvalue weighted by atomic mass is 10.1. The summed E-state index contributed by atoms with van der Waals surface area (Å²) in [5, 5.41) is 0.756. The summed E-state index contributed by atoms with van der Waals surface area (Å²) in [6.07, 6.45) is 6.31. The third-order valence-corrected chi connectivity index (χ3v) is 3.27. The Morgan fingerprint density at radius 3 is 2.58 bits per heavy atom. The molecule has 0 bridgehead atoms. The molecule has 3 rings (SSSR count). The Morgan fingerprint density at radius 1 is 0.947 bits per heavy atom. The van der Waals surface area contributed by atoms with Crippen LogP contribution >= 0.6 is 11.6 Å². The van der Waals surface area contributed by atoms with E-state index in [2.05, 4.69) is 24.3 Å². The van der Waals surface area contributed by atoms with Crippen LogP contribution in [0.5, 0.6) is 5.75 Å². The van der Waals surface area contributed by atoms with E-state index < -0.39 is 0 Å². The highest BCUT2D eigenvalue weighted by molar-refractivity contribution is 6.30. The topological polar surface area (TPSA) is 9.23 Å². The van der Waals surface area contributed by atoms with E-state index in [9.17, 15) is 0 Å². The third-order valence-electron chi connectivity index (χ3n) is 3.01. The summed E-state index contributed by atoms with van der Waals surface area (Å²) < 4.78 is 5.70. The second-order valence-electron chi connectivity index (χ2n) is 4.43. The van der Waals surface area contributed by atoms with Gasteiger partial charge in [-0.3, -0.25) is 0 Å². The molecule has 2 heteroatoms. The molecule has 1 aliphatic heterocycles. The Labute approximate surface area is 117 Å². The monoisotopic (exact) mass is 268 g/mol. The average Bonchev–Trinajstić information content (AvgIpc) is 2.46. The highest BCUT2D eigenvalue weighted by atomic mass is 35.5. The highest BCUT2D eigenvalue weighted by Gasteiger charge is 2.07. The fourth-order valence-electron chi connectivity index (χ4n) is 2.01. The van der Waals surface area contributed by atoms with Crippen molar-refractivity contribution in [1.29, 1.82) is 0 Å². The van der Waals surface area contributed by atoms with Gasteiger partial charge in [0, 0.05) is 10.6 Å². The molecule has 0 unspecified atom stereocenters. The molecule has 0 aromatic heterocycles. The summed E-state index contributed by atoms with van der Waals surface area (Å²) >= 11 is 5.86. The molecular formula is C17H13ClO. The Morgan fingerprint density at radius 2 is 1.74 bits per heavy atom. The number of halogens is 1. The van der Waals surface area contributed by atoms with Gasteiger partial charge in [0.05, 0.1) is 0 Å². The van der Waals surface area contributed by atoms with E-state index in [1.165, 1.54) is 0 Å². The van der Waals surface area contributed by atoms with Crippen molar-refractivity contribution in [2.24, 2.45) is 0 Å². The summed E-state index contributed by atoms with van der Waals surface area (Å²) in [5.41, 5.74) is 3.42. The van der Waals surface area contributed by atoms with Crippen molar-refractivity contribution in [3.8, 4) is 5.75 Å². The number of fused-ring (bicyclic) bond motifs is 1. The predicted molar refractivity (Wildman–Crippen MR) is 80.4 cm³/mol. The van der Waals surface area contributed by atoms with Gasteiger partial charge in [-0.05, 0) is 35.4 Å². The number of hydrogen-bond donors (Lipinski definition) is 0. The van der Waals surface area contributed by atoms with Crippen molar-refractivity contribution in [2.45, 2.75) is 0 Å².